The molecule has 1 N–H and O–H groups in total. The fourth-order valence-electron chi connectivity index (χ4n) is 4.10. The van der Waals surface area contributed by atoms with Crippen LogP contribution in [0.25, 0.3) is 0 Å². The van der Waals surface area contributed by atoms with Gasteiger partial charge in [0.15, 0.2) is 0 Å². The number of aryl methyl sites for hydroxylation is 3. The predicted octanol–water partition coefficient (Wildman–Crippen LogP) is 5.32. The van der Waals surface area contributed by atoms with Gasteiger partial charge in [-0.05, 0) is 68.0 Å². The van der Waals surface area contributed by atoms with Gasteiger partial charge < -0.3 is 10.2 Å². The molecule has 3 aromatic rings. The zero-order valence-corrected chi connectivity index (χ0v) is 21.0. The summed E-state index contributed by atoms with van der Waals surface area (Å²) in [5.41, 5.74) is 6.51. The first-order chi connectivity index (χ1) is 16.2. The standard InChI is InChI=1S/C30H36N2O2/c1-21(2)31-30(34)28(18-25-12-7-6-8-13-25)32(20-27-14-10-9-11-23(27)4)29(33)19-26-16-15-22(3)24(5)17-26/h6-17,21,28H,18-20H2,1-5H3,(H,31,34)/t28-/m1/s1. The van der Waals surface area contributed by atoms with Crippen molar-refractivity contribution in [2.24, 2.45) is 0 Å². The van der Waals surface area contributed by atoms with Crippen LogP contribution in [-0.4, -0.2) is 28.8 Å². The van der Waals surface area contributed by atoms with Gasteiger partial charge in [0.1, 0.15) is 6.04 Å². The largest absolute Gasteiger partial charge is 0.352 e. The van der Waals surface area contributed by atoms with E-state index in [0.29, 0.717) is 13.0 Å². The van der Waals surface area contributed by atoms with E-state index < -0.39 is 6.04 Å². The minimum atomic E-state index is -0.608. The number of carbonyl (C=O) groups is 2. The molecule has 0 aliphatic rings. The highest BCUT2D eigenvalue weighted by Crippen LogP contribution is 2.19. The molecule has 0 aliphatic carbocycles. The van der Waals surface area contributed by atoms with E-state index in [1.54, 1.807) is 4.90 Å². The molecule has 0 bridgehead atoms. The molecule has 3 aromatic carbocycles. The quantitative estimate of drug-likeness (QED) is 0.474. The molecule has 0 saturated carbocycles. The summed E-state index contributed by atoms with van der Waals surface area (Å²) in [6.45, 7) is 10.4. The molecule has 0 unspecified atom stereocenters. The summed E-state index contributed by atoms with van der Waals surface area (Å²) >= 11 is 0. The first-order valence-corrected chi connectivity index (χ1v) is 12.0. The second-order valence-corrected chi connectivity index (χ2v) is 9.41. The molecule has 0 heterocycles. The number of hydrogen-bond donors (Lipinski definition) is 1. The van der Waals surface area contributed by atoms with Gasteiger partial charge in [0, 0.05) is 19.0 Å². The van der Waals surface area contributed by atoms with Gasteiger partial charge in [-0.3, -0.25) is 9.59 Å². The number of carbonyl (C=O) groups excluding carboxylic acids is 2. The molecule has 178 valence electrons. The minimum absolute atomic E-state index is 0.0130. The molecule has 0 radical (unpaired) electrons. The van der Waals surface area contributed by atoms with Gasteiger partial charge in [-0.25, -0.2) is 0 Å². The fourth-order valence-corrected chi connectivity index (χ4v) is 4.10. The molecule has 0 fully saturated rings. The monoisotopic (exact) mass is 456 g/mol. The molecule has 0 spiro atoms. The van der Waals surface area contributed by atoms with Crippen LogP contribution in [0.15, 0.2) is 72.8 Å². The maximum atomic E-state index is 13.8. The lowest BCUT2D eigenvalue weighted by atomic mass is 9.99. The van der Waals surface area contributed by atoms with Crippen molar-refractivity contribution in [1.82, 2.24) is 10.2 Å². The summed E-state index contributed by atoms with van der Waals surface area (Å²) in [5, 5.41) is 3.05. The Morgan fingerprint density at radius 3 is 2.12 bits per heavy atom. The Balaban J connectivity index is 1.99. The van der Waals surface area contributed by atoms with Gasteiger partial charge in [0.05, 0.1) is 6.42 Å². The second-order valence-electron chi connectivity index (χ2n) is 9.41. The van der Waals surface area contributed by atoms with E-state index in [2.05, 4.69) is 31.3 Å². The zero-order valence-electron chi connectivity index (χ0n) is 21.0. The molecule has 3 rings (SSSR count). The number of benzene rings is 3. The average Bonchev–Trinajstić information content (AvgIpc) is 2.80. The van der Waals surface area contributed by atoms with Gasteiger partial charge in [-0.1, -0.05) is 72.8 Å². The van der Waals surface area contributed by atoms with Gasteiger partial charge in [-0.15, -0.1) is 0 Å². The van der Waals surface area contributed by atoms with Gasteiger partial charge in [0.25, 0.3) is 0 Å². The number of nitrogens with one attached hydrogen (secondary N) is 1. The van der Waals surface area contributed by atoms with Crippen LogP contribution in [0.1, 0.15) is 47.2 Å². The summed E-state index contributed by atoms with van der Waals surface area (Å²) < 4.78 is 0. The molecule has 1 atom stereocenters. The average molecular weight is 457 g/mol. The lowest BCUT2D eigenvalue weighted by Crippen LogP contribution is -2.52. The van der Waals surface area contributed by atoms with Crippen LogP contribution in [0, 0.1) is 20.8 Å². The Kier molecular flexibility index (Phi) is 8.64. The highest BCUT2D eigenvalue weighted by atomic mass is 16.2. The van der Waals surface area contributed by atoms with Crippen LogP contribution in [0.5, 0.6) is 0 Å². The molecule has 0 aliphatic heterocycles. The summed E-state index contributed by atoms with van der Waals surface area (Å²) in [4.78, 5) is 29.0. The molecule has 2 amide bonds. The summed E-state index contributed by atoms with van der Waals surface area (Å²) in [6, 6.07) is 23.5. The Morgan fingerprint density at radius 1 is 0.794 bits per heavy atom. The molecule has 34 heavy (non-hydrogen) atoms. The van der Waals surface area contributed by atoms with E-state index in [-0.39, 0.29) is 24.3 Å². The van der Waals surface area contributed by atoms with Crippen molar-refractivity contribution in [2.45, 2.75) is 66.1 Å². The normalized spacial score (nSPS) is 11.8. The highest BCUT2D eigenvalue weighted by molar-refractivity contribution is 5.89. The summed E-state index contributed by atoms with van der Waals surface area (Å²) in [5.74, 6) is -0.174. The van der Waals surface area contributed by atoms with Crippen molar-refractivity contribution in [1.29, 1.82) is 0 Å². The maximum Gasteiger partial charge on any atom is 0.243 e. The van der Waals surface area contributed by atoms with Crippen LogP contribution in [0.3, 0.4) is 0 Å². The number of hydrogen-bond acceptors (Lipinski definition) is 2. The minimum Gasteiger partial charge on any atom is -0.352 e. The lowest BCUT2D eigenvalue weighted by Gasteiger charge is -2.32. The van der Waals surface area contributed by atoms with E-state index in [0.717, 1.165) is 27.8 Å². The van der Waals surface area contributed by atoms with Gasteiger partial charge in [-0.2, -0.15) is 0 Å². The Morgan fingerprint density at radius 2 is 1.47 bits per heavy atom. The van der Waals surface area contributed by atoms with E-state index in [4.69, 9.17) is 0 Å². The molecule has 4 nitrogen and oxygen atoms in total. The molecule has 4 heteroatoms. The van der Waals surface area contributed by atoms with E-state index in [1.165, 1.54) is 5.56 Å². The molecular weight excluding hydrogens is 420 g/mol. The second kappa shape index (κ2) is 11.6. The Hall–Kier alpha value is -3.40. The first kappa shape index (κ1) is 25.2. The van der Waals surface area contributed by atoms with Gasteiger partial charge >= 0.3 is 0 Å². The van der Waals surface area contributed by atoms with E-state index in [1.807, 2.05) is 81.4 Å². The van der Waals surface area contributed by atoms with Crippen molar-refractivity contribution in [2.75, 3.05) is 0 Å². The smallest absolute Gasteiger partial charge is 0.243 e. The topological polar surface area (TPSA) is 49.4 Å². The zero-order chi connectivity index (χ0) is 24.7. The predicted molar refractivity (Wildman–Crippen MR) is 139 cm³/mol. The number of nitrogens with zero attached hydrogens (tertiary/aromatic N) is 1. The summed E-state index contributed by atoms with van der Waals surface area (Å²) in [6.07, 6.45) is 0.719. The first-order valence-electron chi connectivity index (χ1n) is 12.0. The third-order valence-electron chi connectivity index (χ3n) is 6.23. The molecular formula is C30H36N2O2. The maximum absolute atomic E-state index is 13.8. The van der Waals surface area contributed by atoms with Crippen LogP contribution in [0.2, 0.25) is 0 Å². The van der Waals surface area contributed by atoms with Crippen LogP contribution >= 0.6 is 0 Å². The third kappa shape index (κ3) is 6.80. The molecule has 0 aromatic heterocycles. The van der Waals surface area contributed by atoms with Crippen molar-refractivity contribution in [3.8, 4) is 0 Å². The van der Waals surface area contributed by atoms with Crippen LogP contribution in [-0.2, 0) is 29.0 Å². The lowest BCUT2D eigenvalue weighted by molar-refractivity contribution is -0.141. The van der Waals surface area contributed by atoms with Gasteiger partial charge in [0.2, 0.25) is 11.8 Å². The number of amides is 2. The van der Waals surface area contributed by atoms with Crippen molar-refractivity contribution in [3.05, 3.63) is 106 Å². The highest BCUT2D eigenvalue weighted by Gasteiger charge is 2.31. The van der Waals surface area contributed by atoms with Crippen molar-refractivity contribution < 1.29 is 9.59 Å². The van der Waals surface area contributed by atoms with E-state index >= 15 is 0 Å². The van der Waals surface area contributed by atoms with E-state index in [9.17, 15) is 9.59 Å². The fraction of sp³-hybridized carbons (Fsp3) is 0.333. The third-order valence-corrected chi connectivity index (χ3v) is 6.23. The van der Waals surface area contributed by atoms with Crippen LogP contribution in [0.4, 0.5) is 0 Å². The van der Waals surface area contributed by atoms with Crippen molar-refractivity contribution >= 4 is 11.8 Å². The Bertz CT molecular complexity index is 1120. The summed E-state index contributed by atoms with van der Waals surface area (Å²) in [7, 11) is 0. The van der Waals surface area contributed by atoms with Crippen LogP contribution < -0.4 is 5.32 Å². The SMILES string of the molecule is Cc1ccc(CC(=O)N(Cc2ccccc2C)[C@H](Cc2ccccc2)C(=O)NC(C)C)cc1C. The number of rotatable bonds is 9. The molecule has 0 saturated heterocycles. The van der Waals surface area contributed by atoms with Crippen molar-refractivity contribution in [3.63, 3.8) is 0 Å². The Labute approximate surface area is 204 Å².